The lowest BCUT2D eigenvalue weighted by molar-refractivity contribution is 0.0795. The quantitative estimate of drug-likeness (QED) is 0.602. The van der Waals surface area contributed by atoms with E-state index < -0.39 is 13.0 Å². The average molecular weight is 334 g/mol. The highest BCUT2D eigenvalue weighted by atomic mass is 19.3. The zero-order valence-electron chi connectivity index (χ0n) is 13.4. The third-order valence-electron chi connectivity index (χ3n) is 3.22. The number of aliphatic imine (C=N–C) groups is 1. The third-order valence-corrected chi connectivity index (χ3v) is 3.22. The molecule has 0 spiro atoms. The number of nitrogens with one attached hydrogen (secondary N) is 1. The van der Waals surface area contributed by atoms with E-state index >= 15 is 0 Å². The summed E-state index contributed by atoms with van der Waals surface area (Å²) in [5, 5.41) is 3.00. The van der Waals surface area contributed by atoms with Crippen molar-refractivity contribution in [2.75, 3.05) is 11.9 Å². The maximum Gasteiger partial charge on any atom is 0.272 e. The summed E-state index contributed by atoms with van der Waals surface area (Å²) in [7, 11) is 0. The van der Waals surface area contributed by atoms with Crippen LogP contribution in [0.2, 0.25) is 0 Å². The van der Waals surface area contributed by atoms with E-state index in [1.807, 2.05) is 24.3 Å². The van der Waals surface area contributed by atoms with Gasteiger partial charge in [0.1, 0.15) is 0 Å². The van der Waals surface area contributed by atoms with E-state index in [4.69, 9.17) is 10.5 Å². The van der Waals surface area contributed by atoms with Crippen molar-refractivity contribution >= 4 is 11.6 Å². The van der Waals surface area contributed by atoms with Gasteiger partial charge in [-0.1, -0.05) is 19.1 Å². The topological polar surface area (TPSA) is 72.5 Å². The number of benzene rings is 1. The molecule has 0 saturated carbocycles. The Bertz CT molecular complexity index is 675. The molecular weight excluding hydrogens is 314 g/mol. The maximum absolute atomic E-state index is 12.1. The van der Waals surface area contributed by atoms with E-state index in [1.165, 1.54) is 11.8 Å². The molecule has 0 aliphatic rings. The van der Waals surface area contributed by atoms with Gasteiger partial charge in [0.2, 0.25) is 5.88 Å². The molecule has 128 valence electrons. The first kappa shape index (κ1) is 17.7. The number of pyridine rings is 1. The molecule has 0 saturated heterocycles. The van der Waals surface area contributed by atoms with Crippen LogP contribution in [-0.4, -0.2) is 24.0 Å². The summed E-state index contributed by atoms with van der Waals surface area (Å²) >= 11 is 0. The van der Waals surface area contributed by atoms with Gasteiger partial charge in [0.25, 0.3) is 6.43 Å². The van der Waals surface area contributed by atoms with Crippen LogP contribution < -0.4 is 15.8 Å². The third kappa shape index (κ3) is 5.83. The molecule has 2 rings (SSSR count). The molecule has 0 bridgehead atoms. The van der Waals surface area contributed by atoms with Crippen LogP contribution in [0.4, 0.5) is 14.5 Å². The fourth-order valence-electron chi connectivity index (χ4n) is 1.96. The number of aromatic nitrogens is 1. The lowest BCUT2D eigenvalue weighted by Gasteiger charge is -2.07. The number of hydrogen-bond donors (Lipinski definition) is 2. The highest BCUT2D eigenvalue weighted by molar-refractivity contribution is 5.92. The molecule has 0 aliphatic heterocycles. The number of aryl methyl sites for hydroxylation is 1. The number of anilines is 1. The fraction of sp³-hybridized carbons (Fsp3) is 0.294. The monoisotopic (exact) mass is 334 g/mol. The van der Waals surface area contributed by atoms with Crippen LogP contribution in [0.3, 0.4) is 0 Å². The Kier molecular flexibility index (Phi) is 6.48. The van der Waals surface area contributed by atoms with Crippen LogP contribution >= 0.6 is 0 Å². The number of guanidine groups is 1. The number of hydrogen-bond acceptors (Lipinski definition) is 3. The maximum atomic E-state index is 12.1. The summed E-state index contributed by atoms with van der Waals surface area (Å²) in [4.78, 5) is 8.09. The van der Waals surface area contributed by atoms with Crippen molar-refractivity contribution in [3.63, 3.8) is 0 Å². The van der Waals surface area contributed by atoms with Crippen LogP contribution in [0.1, 0.15) is 18.1 Å². The molecule has 1 aromatic heterocycles. The zero-order chi connectivity index (χ0) is 17.4. The van der Waals surface area contributed by atoms with E-state index in [0.29, 0.717) is 6.54 Å². The van der Waals surface area contributed by atoms with Gasteiger partial charge in [-0.2, -0.15) is 0 Å². The minimum absolute atomic E-state index is 0.143. The first-order valence-electron chi connectivity index (χ1n) is 7.58. The van der Waals surface area contributed by atoms with E-state index in [2.05, 4.69) is 22.2 Å². The summed E-state index contributed by atoms with van der Waals surface area (Å²) in [6, 6.07) is 11.2. The van der Waals surface area contributed by atoms with Gasteiger partial charge >= 0.3 is 0 Å². The predicted molar refractivity (Wildman–Crippen MR) is 90.5 cm³/mol. The second-order valence-electron chi connectivity index (χ2n) is 5.08. The van der Waals surface area contributed by atoms with Crippen molar-refractivity contribution in [2.24, 2.45) is 10.7 Å². The van der Waals surface area contributed by atoms with Gasteiger partial charge in [0.05, 0.1) is 6.54 Å². The fourth-order valence-corrected chi connectivity index (χ4v) is 1.96. The lowest BCUT2D eigenvalue weighted by atomic mass is 10.1. The average Bonchev–Trinajstić information content (AvgIpc) is 2.59. The summed E-state index contributed by atoms with van der Waals surface area (Å²) in [5.74, 6) is 0.413. The van der Waals surface area contributed by atoms with E-state index in [1.54, 1.807) is 12.1 Å². The van der Waals surface area contributed by atoms with Crippen molar-refractivity contribution in [3.05, 3.63) is 53.7 Å². The van der Waals surface area contributed by atoms with Crippen LogP contribution in [0.25, 0.3) is 0 Å². The number of halogens is 2. The zero-order valence-corrected chi connectivity index (χ0v) is 13.4. The van der Waals surface area contributed by atoms with Gasteiger partial charge in [-0.15, -0.1) is 0 Å². The van der Waals surface area contributed by atoms with Crippen molar-refractivity contribution < 1.29 is 13.5 Å². The molecule has 0 amide bonds. The smallest absolute Gasteiger partial charge is 0.272 e. The predicted octanol–water partition coefficient (Wildman–Crippen LogP) is 3.21. The molecule has 0 atom stereocenters. The van der Waals surface area contributed by atoms with E-state index in [0.717, 1.165) is 17.7 Å². The van der Waals surface area contributed by atoms with Crippen molar-refractivity contribution in [1.29, 1.82) is 0 Å². The molecule has 3 N–H and O–H groups in total. The van der Waals surface area contributed by atoms with Gasteiger partial charge in [-0.25, -0.2) is 18.8 Å². The summed E-state index contributed by atoms with van der Waals surface area (Å²) in [6.07, 6.45) is -0.0759. The SMILES string of the molecule is CCc1ccc(NC(N)=NCc2ccnc(OCC(F)F)c2)cc1. The van der Waals surface area contributed by atoms with Crippen LogP contribution in [0.5, 0.6) is 5.88 Å². The lowest BCUT2D eigenvalue weighted by Crippen LogP contribution is -2.22. The van der Waals surface area contributed by atoms with Gasteiger partial charge in [0, 0.05) is 18.0 Å². The second kappa shape index (κ2) is 8.81. The second-order valence-corrected chi connectivity index (χ2v) is 5.08. The molecule has 1 aromatic carbocycles. The Hall–Kier alpha value is -2.70. The molecule has 0 radical (unpaired) electrons. The Morgan fingerprint density at radius 3 is 2.67 bits per heavy atom. The van der Waals surface area contributed by atoms with Crippen LogP contribution in [-0.2, 0) is 13.0 Å². The summed E-state index contributed by atoms with van der Waals surface area (Å²) < 4.78 is 29.1. The molecule has 7 heteroatoms. The Morgan fingerprint density at radius 2 is 2.00 bits per heavy atom. The number of nitrogens with zero attached hydrogens (tertiary/aromatic N) is 2. The molecule has 5 nitrogen and oxygen atoms in total. The van der Waals surface area contributed by atoms with Crippen molar-refractivity contribution in [3.8, 4) is 5.88 Å². The molecule has 24 heavy (non-hydrogen) atoms. The number of nitrogens with two attached hydrogens (primary N) is 1. The minimum atomic E-state index is -2.53. The highest BCUT2D eigenvalue weighted by Crippen LogP contribution is 2.12. The van der Waals surface area contributed by atoms with Gasteiger partial charge < -0.3 is 15.8 Å². The Morgan fingerprint density at radius 1 is 1.25 bits per heavy atom. The number of rotatable bonds is 7. The molecule has 2 aromatic rings. The molecule has 0 unspecified atom stereocenters. The van der Waals surface area contributed by atoms with Crippen molar-refractivity contribution in [1.82, 2.24) is 4.98 Å². The van der Waals surface area contributed by atoms with Gasteiger partial charge in [-0.05, 0) is 35.7 Å². The normalized spacial score (nSPS) is 11.6. The van der Waals surface area contributed by atoms with E-state index in [9.17, 15) is 8.78 Å². The standard InChI is InChI=1S/C17H20F2N4O/c1-2-12-3-5-14(6-4-12)23-17(20)22-10-13-7-8-21-16(9-13)24-11-15(18)19/h3-9,15H,2,10-11H2,1H3,(H3,20,22,23). The van der Waals surface area contributed by atoms with Gasteiger partial charge in [-0.3, -0.25) is 0 Å². The molecular formula is C17H20F2N4O. The van der Waals surface area contributed by atoms with Crippen molar-refractivity contribution in [2.45, 2.75) is 26.3 Å². The molecule has 0 fully saturated rings. The van der Waals surface area contributed by atoms with Crippen LogP contribution in [0.15, 0.2) is 47.6 Å². The largest absolute Gasteiger partial charge is 0.472 e. The first-order valence-corrected chi connectivity index (χ1v) is 7.58. The molecule has 0 aliphatic carbocycles. The Balaban J connectivity index is 1.92. The van der Waals surface area contributed by atoms with E-state index in [-0.39, 0.29) is 11.8 Å². The summed E-state index contributed by atoms with van der Waals surface area (Å²) in [6.45, 7) is 1.70. The first-order chi connectivity index (χ1) is 11.6. The minimum Gasteiger partial charge on any atom is -0.472 e. The van der Waals surface area contributed by atoms with Gasteiger partial charge in [0.15, 0.2) is 12.6 Å². The summed E-state index contributed by atoms with van der Waals surface area (Å²) in [5.41, 5.74) is 8.71. The highest BCUT2D eigenvalue weighted by Gasteiger charge is 2.05. The number of ether oxygens (including phenoxy) is 1. The molecule has 1 heterocycles. The Labute approximate surface area is 139 Å². The number of alkyl halides is 2. The van der Waals surface area contributed by atoms with Crippen LogP contribution in [0, 0.1) is 0 Å².